The molecule has 8 N–H and O–H groups in total. The van der Waals surface area contributed by atoms with Gasteiger partial charge in [0, 0.05) is 36.0 Å². The van der Waals surface area contributed by atoms with E-state index in [4.69, 9.17) is 28.4 Å². The van der Waals surface area contributed by atoms with Crippen LogP contribution in [0, 0.1) is 46.3 Å². The van der Waals surface area contributed by atoms with E-state index >= 15 is 0 Å². The number of hydrogen-bond acceptors (Lipinski definition) is 15. The molecule has 54 heavy (non-hydrogen) atoms. The Labute approximate surface area is 316 Å². The summed E-state index contributed by atoms with van der Waals surface area (Å²) in [5.74, 6) is -1.16. The van der Waals surface area contributed by atoms with Gasteiger partial charge in [-0.2, -0.15) is 0 Å². The Hall–Kier alpha value is -0.890. The van der Waals surface area contributed by atoms with Crippen LogP contribution in [0.25, 0.3) is 0 Å². The molecule has 0 unspecified atom stereocenters. The number of ketones is 1. The molecule has 8 rings (SSSR count). The summed E-state index contributed by atoms with van der Waals surface area (Å²) in [5, 5.41) is 86.4. The Morgan fingerprint density at radius 1 is 0.833 bits per heavy atom. The van der Waals surface area contributed by atoms with Crippen molar-refractivity contribution in [3.05, 3.63) is 0 Å². The van der Waals surface area contributed by atoms with Crippen LogP contribution in [0.3, 0.4) is 0 Å². The fourth-order valence-electron chi connectivity index (χ4n) is 12.8. The van der Waals surface area contributed by atoms with E-state index in [1.807, 2.05) is 13.8 Å². The molecule has 23 atom stereocenters. The number of rotatable bonds is 5. The molecule has 4 saturated heterocycles. The predicted octanol–water partition coefficient (Wildman–Crippen LogP) is -0.265. The predicted molar refractivity (Wildman–Crippen MR) is 185 cm³/mol. The third kappa shape index (κ3) is 5.70. The van der Waals surface area contributed by atoms with Gasteiger partial charge in [-0.25, -0.2) is 0 Å². The van der Waals surface area contributed by atoms with Crippen molar-refractivity contribution in [2.75, 3.05) is 13.2 Å². The summed E-state index contributed by atoms with van der Waals surface area (Å²) in [5.41, 5.74) is -1.97. The highest BCUT2D eigenvalue weighted by Crippen LogP contribution is 2.72. The van der Waals surface area contributed by atoms with E-state index in [1.54, 1.807) is 0 Å². The van der Waals surface area contributed by atoms with Gasteiger partial charge in [-0.05, 0) is 68.6 Å². The molecular weight excluding hydrogens is 708 g/mol. The van der Waals surface area contributed by atoms with Crippen LogP contribution in [0.4, 0.5) is 0 Å². The molecule has 0 aromatic heterocycles. The summed E-state index contributed by atoms with van der Waals surface area (Å²) in [6.07, 6.45) is -11.1. The molecule has 0 bridgehead atoms. The SMILES string of the molecule is C[C@@H]1O[C@@H](O[C@H]2[C@H](O[C@H]3CC[C@@]4(C)[C@H](C3)C(=O)C[C@@H]3[C@@H]4CC[C@@]4(C)[C@H]3C[C@@H]3O[C@]5(C[C@H](O)[C@@H](C)CO5)[C@@H](C)[C@@]34O)O[C@H](CO)[C@@H](O)[C@@H]2O)[C@H](O)[C@H](O)[C@H]1O. The minimum atomic E-state index is -1.68. The van der Waals surface area contributed by atoms with Crippen molar-refractivity contribution in [3.8, 4) is 0 Å². The fourth-order valence-corrected chi connectivity index (χ4v) is 12.8. The molecule has 8 fully saturated rings. The van der Waals surface area contributed by atoms with Crippen LogP contribution in [0.1, 0.15) is 86.0 Å². The van der Waals surface area contributed by atoms with Gasteiger partial charge in [0.15, 0.2) is 18.4 Å². The lowest BCUT2D eigenvalue weighted by molar-refractivity contribution is -0.370. The van der Waals surface area contributed by atoms with Crippen molar-refractivity contribution in [2.24, 2.45) is 46.3 Å². The number of aliphatic hydroxyl groups excluding tert-OH is 7. The molecule has 308 valence electrons. The van der Waals surface area contributed by atoms with Crippen LogP contribution >= 0.6 is 0 Å². The van der Waals surface area contributed by atoms with Crippen molar-refractivity contribution in [3.63, 3.8) is 0 Å². The average molecular weight is 771 g/mol. The molecular formula is C39H62O15. The lowest BCUT2D eigenvalue weighted by Crippen LogP contribution is -2.64. The van der Waals surface area contributed by atoms with E-state index in [-0.39, 0.29) is 46.7 Å². The normalized spacial score (nSPS) is 60.1. The maximum absolute atomic E-state index is 14.3. The largest absolute Gasteiger partial charge is 0.394 e. The van der Waals surface area contributed by atoms with Crippen LogP contribution in [-0.2, 0) is 33.2 Å². The highest BCUT2D eigenvalue weighted by molar-refractivity contribution is 5.83. The van der Waals surface area contributed by atoms with Crippen LogP contribution in [-0.4, -0.2) is 151 Å². The van der Waals surface area contributed by atoms with Gasteiger partial charge in [0.1, 0.15) is 54.1 Å². The molecule has 1 spiro atoms. The summed E-state index contributed by atoms with van der Waals surface area (Å²) in [6.45, 7) is 9.60. The molecule has 8 aliphatic rings. The third-order valence-electron chi connectivity index (χ3n) is 16.3. The number of carbonyl (C=O) groups excluding carboxylic acids is 1. The molecule has 4 heterocycles. The van der Waals surface area contributed by atoms with E-state index in [1.165, 1.54) is 6.92 Å². The lowest BCUT2D eigenvalue weighted by atomic mass is 9.43. The minimum absolute atomic E-state index is 0.00968. The van der Waals surface area contributed by atoms with E-state index < -0.39 is 103 Å². The van der Waals surface area contributed by atoms with E-state index in [2.05, 4.69) is 13.8 Å². The van der Waals surface area contributed by atoms with E-state index in [9.17, 15) is 45.6 Å². The van der Waals surface area contributed by atoms with Crippen molar-refractivity contribution in [1.29, 1.82) is 0 Å². The fraction of sp³-hybridized carbons (Fsp3) is 0.974. The van der Waals surface area contributed by atoms with Crippen molar-refractivity contribution >= 4 is 5.78 Å². The second-order valence-electron chi connectivity index (χ2n) is 18.8. The monoisotopic (exact) mass is 770 g/mol. The molecule has 0 amide bonds. The zero-order valence-corrected chi connectivity index (χ0v) is 32.0. The minimum Gasteiger partial charge on any atom is -0.394 e. The molecule has 15 nitrogen and oxygen atoms in total. The second-order valence-corrected chi connectivity index (χ2v) is 18.8. The first-order valence-electron chi connectivity index (χ1n) is 20.3. The molecule has 4 aliphatic heterocycles. The van der Waals surface area contributed by atoms with E-state index in [0.717, 1.165) is 12.8 Å². The van der Waals surface area contributed by atoms with Crippen LogP contribution in [0.15, 0.2) is 0 Å². The molecule has 0 radical (unpaired) electrons. The summed E-state index contributed by atoms with van der Waals surface area (Å²) >= 11 is 0. The topological polar surface area (TPSA) is 234 Å². The van der Waals surface area contributed by atoms with Crippen molar-refractivity contribution in [2.45, 2.75) is 177 Å². The zero-order chi connectivity index (χ0) is 38.9. The van der Waals surface area contributed by atoms with Gasteiger partial charge in [-0.3, -0.25) is 4.79 Å². The van der Waals surface area contributed by atoms with Gasteiger partial charge in [-0.15, -0.1) is 0 Å². The number of fused-ring (bicyclic) bond motifs is 7. The quantitative estimate of drug-likeness (QED) is 0.168. The Morgan fingerprint density at radius 2 is 1.57 bits per heavy atom. The third-order valence-corrected chi connectivity index (χ3v) is 16.3. The van der Waals surface area contributed by atoms with Gasteiger partial charge in [0.2, 0.25) is 0 Å². The first-order chi connectivity index (χ1) is 25.4. The van der Waals surface area contributed by atoms with Gasteiger partial charge < -0.3 is 69.3 Å². The van der Waals surface area contributed by atoms with Gasteiger partial charge in [0.05, 0.1) is 37.6 Å². The Balaban J connectivity index is 0.976. The van der Waals surface area contributed by atoms with Crippen LogP contribution < -0.4 is 0 Å². The Kier molecular flexibility index (Phi) is 10.2. The summed E-state index contributed by atoms with van der Waals surface area (Å²) in [6, 6.07) is 0. The molecule has 0 aromatic rings. The molecule has 4 saturated carbocycles. The van der Waals surface area contributed by atoms with E-state index in [0.29, 0.717) is 45.1 Å². The summed E-state index contributed by atoms with van der Waals surface area (Å²) in [7, 11) is 0. The number of Topliss-reactive ketones (excluding diaryl/α,β-unsaturated/α-hetero) is 1. The number of hydrogen-bond donors (Lipinski definition) is 8. The number of aliphatic hydroxyl groups is 8. The van der Waals surface area contributed by atoms with Crippen LogP contribution in [0.5, 0.6) is 0 Å². The maximum Gasteiger partial charge on any atom is 0.187 e. The Bertz CT molecular complexity index is 1420. The molecule has 0 aromatic carbocycles. The summed E-state index contributed by atoms with van der Waals surface area (Å²) in [4.78, 5) is 14.3. The van der Waals surface area contributed by atoms with Gasteiger partial charge in [0.25, 0.3) is 0 Å². The zero-order valence-electron chi connectivity index (χ0n) is 32.0. The lowest BCUT2D eigenvalue weighted by Gasteiger charge is -2.61. The first-order valence-corrected chi connectivity index (χ1v) is 20.3. The number of ether oxygens (including phenoxy) is 6. The van der Waals surface area contributed by atoms with Crippen LogP contribution in [0.2, 0.25) is 0 Å². The second kappa shape index (κ2) is 13.9. The Morgan fingerprint density at radius 3 is 2.28 bits per heavy atom. The molecule has 15 heteroatoms. The van der Waals surface area contributed by atoms with Crippen molar-refractivity contribution < 1.29 is 74.1 Å². The first kappa shape index (κ1) is 39.9. The molecule has 4 aliphatic carbocycles. The van der Waals surface area contributed by atoms with Crippen molar-refractivity contribution in [1.82, 2.24) is 0 Å². The standard InChI is InChI=1S/C39H62O15/c1-16-15-49-38(13-25(16)42)18(3)39(48)27(54-38)12-22-20-11-24(41)23-10-19(6-8-36(23,4)21(20)7-9-37(22,39)5)51-35-33(31(46)29(44)26(14-40)52-35)53-34-32(47)30(45)28(43)17(2)50-34/h16-23,25-35,40,42-48H,6-15H2,1-5H3/t16-,17-,18+,19-,20+,21-,22-,23+,25-,26+,27-,28-,29+,30+,31-,32+,33+,34-,35+,36+,37-,38+,39+/m0/s1. The maximum atomic E-state index is 14.3. The highest BCUT2D eigenvalue weighted by Gasteiger charge is 2.77. The number of carbonyl (C=O) groups is 1. The van der Waals surface area contributed by atoms with Gasteiger partial charge >= 0.3 is 0 Å². The smallest absolute Gasteiger partial charge is 0.187 e. The highest BCUT2D eigenvalue weighted by atomic mass is 16.8. The average Bonchev–Trinajstić information content (AvgIpc) is 3.49. The summed E-state index contributed by atoms with van der Waals surface area (Å²) < 4.78 is 36.9. The van der Waals surface area contributed by atoms with Gasteiger partial charge in [-0.1, -0.05) is 27.7 Å².